The van der Waals surface area contributed by atoms with E-state index in [0.717, 1.165) is 0 Å². The Bertz CT molecular complexity index is 1290. The fourth-order valence-corrected chi connectivity index (χ4v) is 3.39. The van der Waals surface area contributed by atoms with Crippen molar-refractivity contribution in [2.24, 2.45) is 0 Å². The van der Waals surface area contributed by atoms with Gasteiger partial charge in [-0.3, -0.25) is 24.2 Å². The second-order valence-electron chi connectivity index (χ2n) is 7.36. The highest BCUT2D eigenvalue weighted by molar-refractivity contribution is 6.04. The molecule has 0 aliphatic carbocycles. The van der Waals surface area contributed by atoms with E-state index in [1.165, 1.54) is 31.2 Å². The van der Waals surface area contributed by atoms with Gasteiger partial charge in [0.05, 0.1) is 11.5 Å². The fourth-order valence-electron chi connectivity index (χ4n) is 3.39. The summed E-state index contributed by atoms with van der Waals surface area (Å²) in [6.07, 6.45) is -0.224. The van der Waals surface area contributed by atoms with Gasteiger partial charge < -0.3 is 21.3 Å². The van der Waals surface area contributed by atoms with Crippen molar-refractivity contribution in [2.45, 2.75) is 19.3 Å². The summed E-state index contributed by atoms with van der Waals surface area (Å²) in [4.78, 5) is 55.8. The minimum atomic E-state index is -1.06. The van der Waals surface area contributed by atoms with Gasteiger partial charge in [-0.15, -0.1) is 0 Å². The van der Waals surface area contributed by atoms with Crippen LogP contribution in [0.25, 0.3) is 0 Å². The first-order valence-electron chi connectivity index (χ1n) is 9.93. The van der Waals surface area contributed by atoms with Crippen LogP contribution in [0, 0.1) is 5.82 Å². The second kappa shape index (κ2) is 8.91. The van der Waals surface area contributed by atoms with Crippen molar-refractivity contribution in [3.63, 3.8) is 0 Å². The normalized spacial score (nSPS) is 14.6. The number of fused-ring (bicyclic) bond motifs is 1. The topological polar surface area (TPSA) is 145 Å². The van der Waals surface area contributed by atoms with E-state index in [-0.39, 0.29) is 29.7 Å². The van der Waals surface area contributed by atoms with Gasteiger partial charge in [-0.2, -0.15) is 4.98 Å². The molecule has 10 nitrogen and oxygen atoms in total. The lowest BCUT2D eigenvalue weighted by Gasteiger charge is -2.23. The molecule has 0 unspecified atom stereocenters. The first kappa shape index (κ1) is 21.7. The van der Waals surface area contributed by atoms with Gasteiger partial charge in [-0.25, -0.2) is 4.39 Å². The predicted octanol–water partition coefficient (Wildman–Crippen LogP) is 2.68. The molecule has 2 heterocycles. The molecule has 5 N–H and O–H groups in total. The summed E-state index contributed by atoms with van der Waals surface area (Å²) in [7, 11) is 0. The molecule has 1 aromatic heterocycles. The smallest absolute Gasteiger partial charge is 0.258 e. The minimum absolute atomic E-state index is 0.0271. The highest BCUT2D eigenvalue weighted by Gasteiger charge is 2.34. The largest absolute Gasteiger partial charge is 0.326 e. The van der Waals surface area contributed by atoms with Gasteiger partial charge >= 0.3 is 0 Å². The summed E-state index contributed by atoms with van der Waals surface area (Å²) < 4.78 is 13.1. The number of carbonyl (C=O) groups excluding carboxylic acids is 3. The maximum Gasteiger partial charge on any atom is 0.258 e. The van der Waals surface area contributed by atoms with Crippen LogP contribution < -0.4 is 26.8 Å². The Kier molecular flexibility index (Phi) is 5.85. The van der Waals surface area contributed by atoms with Gasteiger partial charge in [-0.05, 0) is 48.5 Å². The van der Waals surface area contributed by atoms with E-state index in [2.05, 4.69) is 31.2 Å². The SMILES string of the molecule is CC(=O)Nc1ccc(NC(=O)[C@H]2CC(=O)Nc3nc(Nc4ccc(F)cc4)[nH]c(=O)c32)cc1. The van der Waals surface area contributed by atoms with Crippen LogP contribution in [0.2, 0.25) is 0 Å². The molecule has 0 spiro atoms. The number of nitrogens with zero attached hydrogens (tertiary/aromatic N) is 1. The fraction of sp³-hybridized carbons (Fsp3) is 0.136. The molecule has 1 atom stereocenters. The van der Waals surface area contributed by atoms with Crippen molar-refractivity contribution in [3.8, 4) is 0 Å². The summed E-state index contributed by atoms with van der Waals surface area (Å²) in [6, 6.07) is 11.8. The molecular formula is C22H19FN6O4. The van der Waals surface area contributed by atoms with Gasteiger partial charge in [0.15, 0.2) is 0 Å². The summed E-state index contributed by atoms with van der Waals surface area (Å²) in [5.41, 5.74) is 0.904. The summed E-state index contributed by atoms with van der Waals surface area (Å²) >= 11 is 0. The lowest BCUT2D eigenvalue weighted by Crippen LogP contribution is -2.36. The Labute approximate surface area is 186 Å². The molecule has 2 aromatic carbocycles. The van der Waals surface area contributed by atoms with Crippen LogP contribution in [0.3, 0.4) is 0 Å². The lowest BCUT2D eigenvalue weighted by molar-refractivity contribution is -0.123. The average Bonchev–Trinajstić information content (AvgIpc) is 2.75. The monoisotopic (exact) mass is 450 g/mol. The first-order chi connectivity index (χ1) is 15.8. The van der Waals surface area contributed by atoms with Crippen molar-refractivity contribution in [1.82, 2.24) is 9.97 Å². The Morgan fingerprint density at radius 1 is 0.970 bits per heavy atom. The van der Waals surface area contributed by atoms with Crippen LogP contribution in [0.5, 0.6) is 0 Å². The Hall–Kier alpha value is -4.54. The van der Waals surface area contributed by atoms with Crippen LogP contribution in [0.1, 0.15) is 24.8 Å². The van der Waals surface area contributed by atoms with E-state index < -0.39 is 29.1 Å². The Balaban J connectivity index is 1.56. The molecule has 1 aliphatic heterocycles. The van der Waals surface area contributed by atoms with Gasteiger partial charge in [-0.1, -0.05) is 0 Å². The van der Waals surface area contributed by atoms with Crippen molar-refractivity contribution < 1.29 is 18.8 Å². The van der Waals surface area contributed by atoms with Crippen LogP contribution in [-0.4, -0.2) is 27.7 Å². The molecule has 3 aromatic rings. The molecule has 0 saturated carbocycles. The average molecular weight is 450 g/mol. The van der Waals surface area contributed by atoms with E-state index in [9.17, 15) is 23.6 Å². The minimum Gasteiger partial charge on any atom is -0.326 e. The molecule has 0 bridgehead atoms. The molecule has 4 rings (SSSR count). The quantitative estimate of drug-likeness (QED) is 0.404. The van der Waals surface area contributed by atoms with E-state index in [0.29, 0.717) is 17.1 Å². The van der Waals surface area contributed by atoms with E-state index >= 15 is 0 Å². The third kappa shape index (κ3) is 5.03. The van der Waals surface area contributed by atoms with E-state index in [1.54, 1.807) is 24.3 Å². The highest BCUT2D eigenvalue weighted by atomic mass is 19.1. The van der Waals surface area contributed by atoms with Crippen LogP contribution >= 0.6 is 0 Å². The number of nitrogens with one attached hydrogen (secondary N) is 5. The van der Waals surface area contributed by atoms with Gasteiger partial charge in [0.1, 0.15) is 11.6 Å². The molecule has 11 heteroatoms. The third-order valence-corrected chi connectivity index (χ3v) is 4.85. The number of hydrogen-bond donors (Lipinski definition) is 5. The summed E-state index contributed by atoms with van der Waals surface area (Å²) in [5.74, 6) is -2.71. The first-order valence-corrected chi connectivity index (χ1v) is 9.93. The van der Waals surface area contributed by atoms with Crippen LogP contribution in [0.15, 0.2) is 53.3 Å². The lowest BCUT2D eigenvalue weighted by atomic mass is 9.92. The van der Waals surface area contributed by atoms with Crippen molar-refractivity contribution >= 4 is 46.5 Å². The van der Waals surface area contributed by atoms with Crippen molar-refractivity contribution in [1.29, 1.82) is 0 Å². The highest BCUT2D eigenvalue weighted by Crippen LogP contribution is 2.30. The zero-order valence-corrected chi connectivity index (χ0v) is 17.4. The Morgan fingerprint density at radius 2 is 1.58 bits per heavy atom. The molecule has 0 fully saturated rings. The van der Waals surface area contributed by atoms with Crippen molar-refractivity contribution in [2.75, 3.05) is 21.3 Å². The Morgan fingerprint density at radius 3 is 2.21 bits per heavy atom. The number of hydrogen-bond acceptors (Lipinski definition) is 6. The van der Waals surface area contributed by atoms with Gasteiger partial charge in [0.25, 0.3) is 5.56 Å². The number of H-pyrrole nitrogens is 1. The number of aromatic amines is 1. The number of aromatic nitrogens is 2. The zero-order valence-electron chi connectivity index (χ0n) is 17.4. The number of amides is 3. The van der Waals surface area contributed by atoms with Crippen molar-refractivity contribution in [3.05, 3.63) is 70.3 Å². The van der Waals surface area contributed by atoms with Crippen LogP contribution in [-0.2, 0) is 14.4 Å². The third-order valence-electron chi connectivity index (χ3n) is 4.85. The molecule has 168 valence electrons. The van der Waals surface area contributed by atoms with Gasteiger partial charge in [0, 0.05) is 30.4 Å². The standard InChI is InChI=1S/C22H19FN6O4/c1-11(30)24-13-6-8-14(9-7-13)25-20(32)16-10-17(31)27-19-18(16)21(33)29-22(28-19)26-15-4-2-12(23)3-5-15/h2-9,16H,10H2,1H3,(H,24,30)(H,25,32)(H3,26,27,28,29,31,33)/t16-/m0/s1. The number of anilines is 5. The molecule has 33 heavy (non-hydrogen) atoms. The van der Waals surface area contributed by atoms with E-state index in [4.69, 9.17) is 0 Å². The van der Waals surface area contributed by atoms with E-state index in [1.807, 2.05) is 0 Å². The molecule has 0 radical (unpaired) electrons. The number of rotatable bonds is 5. The number of benzene rings is 2. The maximum absolute atomic E-state index is 13.1. The van der Waals surface area contributed by atoms with Gasteiger partial charge in [0.2, 0.25) is 23.7 Å². The molecule has 1 aliphatic rings. The predicted molar refractivity (Wildman–Crippen MR) is 120 cm³/mol. The molecular weight excluding hydrogens is 431 g/mol. The second-order valence-corrected chi connectivity index (χ2v) is 7.36. The number of halogens is 1. The molecule has 0 saturated heterocycles. The van der Waals surface area contributed by atoms with Crippen LogP contribution in [0.4, 0.5) is 33.2 Å². The summed E-state index contributed by atoms with van der Waals surface area (Å²) in [6.45, 7) is 1.38. The zero-order chi connectivity index (χ0) is 23.5. The molecule has 3 amide bonds. The maximum atomic E-state index is 13.1. The summed E-state index contributed by atoms with van der Waals surface area (Å²) in [5, 5.41) is 10.6. The number of carbonyl (C=O) groups is 3.